The number of halogens is 1. The maximum atomic E-state index is 12.7. The molecule has 0 unspecified atom stereocenters. The lowest BCUT2D eigenvalue weighted by atomic mass is 10.1. The van der Waals surface area contributed by atoms with Crippen molar-refractivity contribution in [2.75, 3.05) is 6.54 Å². The zero-order valence-corrected chi connectivity index (χ0v) is 17.9. The highest BCUT2D eigenvalue weighted by Gasteiger charge is 2.25. The van der Waals surface area contributed by atoms with E-state index >= 15 is 0 Å². The molecule has 1 amide bonds. The molecule has 0 radical (unpaired) electrons. The molecule has 0 saturated heterocycles. The number of amides is 1. The van der Waals surface area contributed by atoms with Crippen LogP contribution in [0.15, 0.2) is 86.8 Å². The quantitative estimate of drug-likeness (QED) is 0.491. The molecular weight excluding hydrogens is 456 g/mol. The van der Waals surface area contributed by atoms with Crippen LogP contribution >= 0.6 is 15.9 Å². The van der Waals surface area contributed by atoms with Crippen LogP contribution in [0.25, 0.3) is 0 Å². The summed E-state index contributed by atoms with van der Waals surface area (Å²) in [6.45, 7) is 0.465. The summed E-state index contributed by atoms with van der Waals surface area (Å²) in [6.07, 6.45) is 2.07. The van der Waals surface area contributed by atoms with Gasteiger partial charge in [0.05, 0.1) is 23.6 Å². The van der Waals surface area contributed by atoms with Crippen LogP contribution in [-0.2, 0) is 21.2 Å². The van der Waals surface area contributed by atoms with E-state index in [-0.39, 0.29) is 17.2 Å². The van der Waals surface area contributed by atoms with Gasteiger partial charge in [0.2, 0.25) is 15.9 Å². The second kappa shape index (κ2) is 9.87. The van der Waals surface area contributed by atoms with Crippen LogP contribution in [0.1, 0.15) is 23.8 Å². The predicted molar refractivity (Wildman–Crippen MR) is 114 cm³/mol. The van der Waals surface area contributed by atoms with Crippen LogP contribution in [-0.4, -0.2) is 20.9 Å². The van der Waals surface area contributed by atoms with Crippen molar-refractivity contribution in [3.63, 3.8) is 0 Å². The van der Waals surface area contributed by atoms with E-state index in [0.717, 1.165) is 10.0 Å². The minimum atomic E-state index is -3.82. The van der Waals surface area contributed by atoms with Gasteiger partial charge in [-0.3, -0.25) is 4.79 Å². The topological polar surface area (TPSA) is 88.4 Å². The van der Waals surface area contributed by atoms with Crippen LogP contribution in [0, 0.1) is 0 Å². The third-order valence-corrected chi connectivity index (χ3v) is 6.29. The molecule has 0 spiro atoms. The molecule has 0 aliphatic rings. The number of carbonyl (C=O) groups excluding carboxylic acids is 1. The normalized spacial score (nSPS) is 12.4. The number of rotatable bonds is 9. The molecule has 8 heteroatoms. The van der Waals surface area contributed by atoms with Gasteiger partial charge >= 0.3 is 0 Å². The number of furan rings is 1. The maximum absolute atomic E-state index is 12.7. The lowest BCUT2D eigenvalue weighted by Crippen LogP contribution is -2.34. The smallest absolute Gasteiger partial charge is 0.241 e. The van der Waals surface area contributed by atoms with E-state index in [2.05, 4.69) is 26.0 Å². The Balaban J connectivity index is 1.64. The first-order valence-electron chi connectivity index (χ1n) is 9.06. The van der Waals surface area contributed by atoms with Crippen molar-refractivity contribution in [1.82, 2.24) is 10.0 Å². The van der Waals surface area contributed by atoms with Gasteiger partial charge in [-0.25, -0.2) is 8.42 Å². The van der Waals surface area contributed by atoms with Crippen LogP contribution in [0.3, 0.4) is 0 Å². The largest absolute Gasteiger partial charge is 0.468 e. The number of sulfonamides is 1. The van der Waals surface area contributed by atoms with E-state index in [0.29, 0.717) is 18.7 Å². The monoisotopic (exact) mass is 476 g/mol. The molecule has 1 heterocycles. The van der Waals surface area contributed by atoms with Gasteiger partial charge in [0.15, 0.2) is 0 Å². The molecule has 3 aromatic rings. The molecule has 0 bridgehead atoms. The third kappa shape index (κ3) is 6.28. The van der Waals surface area contributed by atoms with E-state index < -0.39 is 16.1 Å². The van der Waals surface area contributed by atoms with Crippen LogP contribution in [0.2, 0.25) is 0 Å². The standard InChI is InChI=1S/C21H21BrN2O4S/c22-17-8-10-18(11-9-17)29(26,27)24-19(20-7-4-14-28-20)15-21(25)23-13-12-16-5-2-1-3-6-16/h1-11,14,19,24H,12-13,15H2,(H,23,25)/t19-/m0/s1. The molecule has 0 fully saturated rings. The average Bonchev–Trinajstić information content (AvgIpc) is 3.23. The molecule has 2 N–H and O–H groups in total. The van der Waals surface area contributed by atoms with Gasteiger partial charge in [0.1, 0.15) is 5.76 Å². The first kappa shape index (κ1) is 21.3. The molecule has 3 rings (SSSR count). The minimum absolute atomic E-state index is 0.0714. The zero-order chi connectivity index (χ0) is 20.7. The van der Waals surface area contributed by atoms with Crippen LogP contribution in [0.5, 0.6) is 0 Å². The summed E-state index contributed by atoms with van der Waals surface area (Å²) in [5, 5.41) is 2.83. The minimum Gasteiger partial charge on any atom is -0.468 e. The SMILES string of the molecule is O=C(C[C@H](NS(=O)(=O)c1ccc(Br)cc1)c1ccco1)NCCc1ccccc1. The number of nitrogens with one attached hydrogen (secondary N) is 2. The second-order valence-corrected chi connectivity index (χ2v) is 9.06. The number of hydrogen-bond donors (Lipinski definition) is 2. The van der Waals surface area contributed by atoms with E-state index in [1.54, 1.807) is 24.3 Å². The van der Waals surface area contributed by atoms with E-state index in [9.17, 15) is 13.2 Å². The lowest BCUT2D eigenvalue weighted by molar-refractivity contribution is -0.121. The Hall–Kier alpha value is -2.42. The van der Waals surface area contributed by atoms with Gasteiger partial charge in [-0.15, -0.1) is 0 Å². The van der Waals surface area contributed by atoms with Gasteiger partial charge in [0, 0.05) is 11.0 Å². The molecule has 1 atom stereocenters. The molecule has 1 aromatic heterocycles. The second-order valence-electron chi connectivity index (χ2n) is 6.43. The number of carbonyl (C=O) groups is 1. The van der Waals surface area contributed by atoms with Crippen molar-refractivity contribution in [3.8, 4) is 0 Å². The van der Waals surface area contributed by atoms with E-state index in [1.807, 2.05) is 30.3 Å². The maximum Gasteiger partial charge on any atom is 0.241 e. The summed E-state index contributed by atoms with van der Waals surface area (Å²) in [6, 6.07) is 18.6. The number of hydrogen-bond acceptors (Lipinski definition) is 4. The first-order chi connectivity index (χ1) is 13.9. The summed E-state index contributed by atoms with van der Waals surface area (Å²) in [5.74, 6) is 0.115. The van der Waals surface area contributed by atoms with Gasteiger partial charge in [-0.05, 0) is 48.4 Å². The van der Waals surface area contributed by atoms with Crippen molar-refractivity contribution >= 4 is 31.9 Å². The fraction of sp³-hybridized carbons (Fsp3) is 0.190. The summed E-state index contributed by atoms with van der Waals surface area (Å²) >= 11 is 3.28. The molecule has 0 aliphatic carbocycles. The van der Waals surface area contributed by atoms with Crippen molar-refractivity contribution in [1.29, 1.82) is 0 Å². The van der Waals surface area contributed by atoms with Crippen molar-refractivity contribution in [2.45, 2.75) is 23.8 Å². The zero-order valence-electron chi connectivity index (χ0n) is 15.5. The lowest BCUT2D eigenvalue weighted by Gasteiger charge is -2.17. The fourth-order valence-electron chi connectivity index (χ4n) is 2.81. The van der Waals surface area contributed by atoms with Gasteiger partial charge < -0.3 is 9.73 Å². The fourth-order valence-corrected chi connectivity index (χ4v) is 4.28. The Labute approximate surface area is 178 Å². The number of benzene rings is 2. The highest BCUT2D eigenvalue weighted by atomic mass is 79.9. The Kier molecular flexibility index (Phi) is 7.24. The Bertz CT molecular complexity index is 1020. The average molecular weight is 477 g/mol. The molecule has 6 nitrogen and oxygen atoms in total. The molecular formula is C21H21BrN2O4S. The Morgan fingerprint density at radius 2 is 1.72 bits per heavy atom. The summed E-state index contributed by atoms with van der Waals surface area (Å²) < 4.78 is 34.2. The molecule has 152 valence electrons. The van der Waals surface area contributed by atoms with Gasteiger partial charge in [-0.1, -0.05) is 46.3 Å². The summed E-state index contributed by atoms with van der Waals surface area (Å²) in [4.78, 5) is 12.5. The highest BCUT2D eigenvalue weighted by molar-refractivity contribution is 9.10. The Morgan fingerprint density at radius 3 is 2.38 bits per heavy atom. The van der Waals surface area contributed by atoms with Crippen molar-refractivity contribution in [2.24, 2.45) is 0 Å². The van der Waals surface area contributed by atoms with Crippen molar-refractivity contribution in [3.05, 3.63) is 88.8 Å². The van der Waals surface area contributed by atoms with Gasteiger partial charge in [0.25, 0.3) is 0 Å². The van der Waals surface area contributed by atoms with Crippen LogP contribution in [0.4, 0.5) is 0 Å². The molecule has 29 heavy (non-hydrogen) atoms. The van der Waals surface area contributed by atoms with Gasteiger partial charge in [-0.2, -0.15) is 4.72 Å². The molecule has 0 aliphatic heterocycles. The third-order valence-electron chi connectivity index (χ3n) is 4.28. The Morgan fingerprint density at radius 1 is 1.00 bits per heavy atom. The van der Waals surface area contributed by atoms with Crippen LogP contribution < -0.4 is 10.0 Å². The summed E-state index contributed by atoms with van der Waals surface area (Å²) in [5.41, 5.74) is 1.12. The van der Waals surface area contributed by atoms with E-state index in [4.69, 9.17) is 4.42 Å². The molecule has 0 saturated carbocycles. The highest BCUT2D eigenvalue weighted by Crippen LogP contribution is 2.22. The predicted octanol–water partition coefficient (Wildman–Crippen LogP) is 3.81. The van der Waals surface area contributed by atoms with E-state index in [1.165, 1.54) is 18.4 Å². The molecule has 2 aromatic carbocycles. The first-order valence-corrected chi connectivity index (χ1v) is 11.3. The van der Waals surface area contributed by atoms with Crippen molar-refractivity contribution < 1.29 is 17.6 Å². The summed E-state index contributed by atoms with van der Waals surface area (Å²) in [7, 11) is -3.82.